The summed E-state index contributed by atoms with van der Waals surface area (Å²) >= 11 is 0. The summed E-state index contributed by atoms with van der Waals surface area (Å²) in [6.07, 6.45) is 1.09. The predicted molar refractivity (Wildman–Crippen MR) is 72.1 cm³/mol. The van der Waals surface area contributed by atoms with Gasteiger partial charge < -0.3 is 9.74 Å². The number of nitrogens with one attached hydrogen (secondary N) is 1. The second-order valence-corrected chi connectivity index (χ2v) is 9.49. The number of rotatable bonds is 7. The van der Waals surface area contributed by atoms with Crippen LogP contribution in [0.2, 0.25) is 19.6 Å². The lowest BCUT2D eigenvalue weighted by Crippen LogP contribution is -2.27. The van der Waals surface area contributed by atoms with Crippen LogP contribution in [0.4, 0.5) is 0 Å². The maximum Gasteiger partial charge on any atom is 0.183 e. The molecular weight excluding hydrogens is 214 g/mol. The topological polar surface area (TPSA) is 21.3 Å². The zero-order valence-corrected chi connectivity index (χ0v) is 11.6. The van der Waals surface area contributed by atoms with Crippen molar-refractivity contribution in [3.63, 3.8) is 0 Å². The summed E-state index contributed by atoms with van der Waals surface area (Å²) < 4.78 is 5.78. The molecule has 0 bridgehead atoms. The minimum absolute atomic E-state index is 0.886. The van der Waals surface area contributed by atoms with Crippen molar-refractivity contribution in [2.75, 3.05) is 13.2 Å². The van der Waals surface area contributed by atoms with E-state index < -0.39 is 8.32 Å². The summed E-state index contributed by atoms with van der Waals surface area (Å²) in [6.45, 7) is 9.55. The predicted octanol–water partition coefficient (Wildman–Crippen LogP) is 3.02. The fraction of sp³-hybridized carbons (Fsp3) is 0.538. The lowest BCUT2D eigenvalue weighted by molar-refractivity contribution is 0.302. The van der Waals surface area contributed by atoms with Gasteiger partial charge in [-0.1, -0.05) is 30.3 Å². The van der Waals surface area contributed by atoms with Crippen LogP contribution in [0.3, 0.4) is 0 Å². The van der Waals surface area contributed by atoms with Gasteiger partial charge in [0.1, 0.15) is 0 Å². The van der Waals surface area contributed by atoms with Crippen LogP contribution in [-0.4, -0.2) is 21.5 Å². The van der Waals surface area contributed by atoms with Crippen molar-refractivity contribution in [1.29, 1.82) is 0 Å². The molecular formula is C13H23NOSi. The van der Waals surface area contributed by atoms with Crippen LogP contribution < -0.4 is 5.32 Å². The summed E-state index contributed by atoms with van der Waals surface area (Å²) in [6, 6.07) is 10.5. The first-order valence-corrected chi connectivity index (χ1v) is 9.37. The van der Waals surface area contributed by atoms with Crippen molar-refractivity contribution < 1.29 is 4.43 Å². The molecule has 0 aromatic heterocycles. The van der Waals surface area contributed by atoms with Gasteiger partial charge in [-0.2, -0.15) is 0 Å². The molecule has 0 spiro atoms. The van der Waals surface area contributed by atoms with E-state index in [0.717, 1.165) is 26.1 Å². The maximum atomic E-state index is 5.78. The van der Waals surface area contributed by atoms with Gasteiger partial charge in [-0.25, -0.2) is 0 Å². The first-order valence-electron chi connectivity index (χ1n) is 5.96. The fourth-order valence-corrected chi connectivity index (χ4v) is 2.16. The fourth-order valence-electron chi connectivity index (χ4n) is 1.40. The third kappa shape index (κ3) is 6.77. The Kier molecular flexibility index (Phi) is 5.73. The first-order chi connectivity index (χ1) is 7.58. The van der Waals surface area contributed by atoms with Gasteiger partial charge in [-0.05, 0) is 38.2 Å². The molecule has 2 nitrogen and oxygen atoms in total. The minimum atomic E-state index is -1.31. The summed E-state index contributed by atoms with van der Waals surface area (Å²) in [4.78, 5) is 0. The normalized spacial score (nSPS) is 11.7. The molecule has 3 heteroatoms. The summed E-state index contributed by atoms with van der Waals surface area (Å²) in [7, 11) is -1.31. The van der Waals surface area contributed by atoms with Gasteiger partial charge in [0.05, 0.1) is 0 Å². The molecule has 90 valence electrons. The van der Waals surface area contributed by atoms with Crippen molar-refractivity contribution in [2.45, 2.75) is 32.6 Å². The van der Waals surface area contributed by atoms with Crippen LogP contribution in [0, 0.1) is 0 Å². The average molecular weight is 237 g/mol. The highest BCUT2D eigenvalue weighted by Gasteiger charge is 2.12. The summed E-state index contributed by atoms with van der Waals surface area (Å²) in [5.41, 5.74) is 1.34. The smallest absolute Gasteiger partial charge is 0.183 e. The quantitative estimate of drug-likeness (QED) is 0.581. The molecule has 1 aromatic carbocycles. The highest BCUT2D eigenvalue weighted by molar-refractivity contribution is 6.69. The van der Waals surface area contributed by atoms with Crippen LogP contribution in [0.25, 0.3) is 0 Å². The maximum absolute atomic E-state index is 5.78. The molecule has 0 heterocycles. The molecule has 1 aromatic rings. The number of hydrogen-bond donors (Lipinski definition) is 1. The molecule has 0 fully saturated rings. The van der Waals surface area contributed by atoms with E-state index in [1.165, 1.54) is 5.56 Å². The highest BCUT2D eigenvalue weighted by Crippen LogP contribution is 2.02. The Bertz CT molecular complexity index is 282. The summed E-state index contributed by atoms with van der Waals surface area (Å²) in [5, 5.41) is 3.42. The standard InChI is InChI=1S/C13H23NOSi/c1-16(2,3)15-11-7-10-14-12-13-8-5-4-6-9-13/h4-6,8-9,14H,7,10-12H2,1-3H3. The molecule has 1 N–H and O–H groups in total. The van der Waals surface area contributed by atoms with Crippen LogP contribution in [0.15, 0.2) is 30.3 Å². The monoisotopic (exact) mass is 237 g/mol. The molecule has 0 unspecified atom stereocenters. The molecule has 0 aliphatic carbocycles. The minimum Gasteiger partial charge on any atom is -0.418 e. The van der Waals surface area contributed by atoms with Gasteiger partial charge in [-0.3, -0.25) is 0 Å². The van der Waals surface area contributed by atoms with E-state index in [9.17, 15) is 0 Å². The SMILES string of the molecule is C[Si](C)(C)OCCCNCc1ccccc1. The van der Waals surface area contributed by atoms with Gasteiger partial charge in [0.25, 0.3) is 0 Å². The van der Waals surface area contributed by atoms with Gasteiger partial charge in [0, 0.05) is 13.2 Å². The molecule has 0 radical (unpaired) electrons. The summed E-state index contributed by atoms with van der Waals surface area (Å²) in [5.74, 6) is 0. The number of hydrogen-bond acceptors (Lipinski definition) is 2. The van der Waals surface area contributed by atoms with E-state index in [-0.39, 0.29) is 0 Å². The Morgan fingerprint density at radius 1 is 1.12 bits per heavy atom. The zero-order valence-electron chi connectivity index (χ0n) is 10.6. The van der Waals surface area contributed by atoms with Crippen molar-refractivity contribution in [2.24, 2.45) is 0 Å². The van der Waals surface area contributed by atoms with Gasteiger partial charge in [0.2, 0.25) is 0 Å². The van der Waals surface area contributed by atoms with Crippen molar-refractivity contribution in [3.8, 4) is 0 Å². The van der Waals surface area contributed by atoms with Crippen LogP contribution in [-0.2, 0) is 11.0 Å². The van der Waals surface area contributed by atoms with E-state index in [4.69, 9.17) is 4.43 Å². The highest BCUT2D eigenvalue weighted by atomic mass is 28.4. The zero-order chi connectivity index (χ0) is 11.9. The van der Waals surface area contributed by atoms with Crippen LogP contribution in [0.5, 0.6) is 0 Å². The molecule has 0 aliphatic heterocycles. The molecule has 0 saturated carbocycles. The second kappa shape index (κ2) is 6.84. The Balaban J connectivity index is 2.01. The van der Waals surface area contributed by atoms with Gasteiger partial charge >= 0.3 is 0 Å². The third-order valence-electron chi connectivity index (χ3n) is 2.20. The molecule has 0 aliphatic rings. The number of benzene rings is 1. The largest absolute Gasteiger partial charge is 0.418 e. The van der Waals surface area contributed by atoms with E-state index in [1.54, 1.807) is 0 Å². The van der Waals surface area contributed by atoms with E-state index >= 15 is 0 Å². The Morgan fingerprint density at radius 3 is 2.44 bits per heavy atom. The molecule has 16 heavy (non-hydrogen) atoms. The third-order valence-corrected chi connectivity index (χ3v) is 3.28. The van der Waals surface area contributed by atoms with Crippen molar-refractivity contribution in [3.05, 3.63) is 35.9 Å². The Morgan fingerprint density at radius 2 is 1.81 bits per heavy atom. The van der Waals surface area contributed by atoms with E-state index in [1.807, 2.05) is 6.07 Å². The van der Waals surface area contributed by atoms with Gasteiger partial charge in [-0.15, -0.1) is 0 Å². The van der Waals surface area contributed by atoms with Crippen LogP contribution in [0.1, 0.15) is 12.0 Å². The first kappa shape index (κ1) is 13.4. The van der Waals surface area contributed by atoms with Crippen molar-refractivity contribution in [1.82, 2.24) is 5.32 Å². The van der Waals surface area contributed by atoms with Gasteiger partial charge in [0.15, 0.2) is 8.32 Å². The second-order valence-electron chi connectivity index (χ2n) is 4.98. The molecule has 1 rings (SSSR count). The van der Waals surface area contributed by atoms with E-state index in [0.29, 0.717) is 0 Å². The lowest BCUT2D eigenvalue weighted by atomic mass is 10.2. The Labute approximate surface area is 100 Å². The van der Waals surface area contributed by atoms with Crippen LogP contribution >= 0.6 is 0 Å². The van der Waals surface area contributed by atoms with E-state index in [2.05, 4.69) is 49.2 Å². The molecule has 0 saturated heterocycles. The Hall–Kier alpha value is -0.643. The molecule has 0 amide bonds. The average Bonchev–Trinajstić information content (AvgIpc) is 2.23. The van der Waals surface area contributed by atoms with Crippen molar-refractivity contribution >= 4 is 8.32 Å². The molecule has 0 atom stereocenters. The lowest BCUT2D eigenvalue weighted by Gasteiger charge is -2.16.